The van der Waals surface area contributed by atoms with E-state index < -0.39 is 37.7 Å². The van der Waals surface area contributed by atoms with Gasteiger partial charge in [0.15, 0.2) is 69.0 Å². The summed E-state index contributed by atoms with van der Waals surface area (Å²) >= 11 is 0. The molecule has 12 aromatic rings. The van der Waals surface area contributed by atoms with Crippen LogP contribution >= 0.6 is 0 Å². The highest BCUT2D eigenvalue weighted by molar-refractivity contribution is 7.90. The van der Waals surface area contributed by atoms with Gasteiger partial charge in [-0.1, -0.05) is 41.8 Å². The molecular weight excluding hydrogens is 1210 g/mol. The number of nitrogens with two attached hydrogens (primary N) is 1. The van der Waals surface area contributed by atoms with Gasteiger partial charge < -0.3 is 21.5 Å². The van der Waals surface area contributed by atoms with Crippen LogP contribution in [0.4, 0.5) is 20.4 Å². The van der Waals surface area contributed by atoms with E-state index >= 15 is 4.39 Å². The Morgan fingerprint density at radius 3 is 1.56 bits per heavy atom. The molecule has 10 heterocycles. The lowest BCUT2D eigenvalue weighted by Crippen LogP contribution is -2.35. The monoisotopic (exact) mass is 1270 g/mol. The van der Waals surface area contributed by atoms with E-state index in [4.69, 9.17) is 10.8 Å². The van der Waals surface area contributed by atoms with Crippen LogP contribution in [0.25, 0.3) is 56.1 Å². The van der Waals surface area contributed by atoms with Crippen molar-refractivity contribution in [2.24, 2.45) is 11.7 Å². The molecule has 2 fully saturated rings. The highest BCUT2D eigenvalue weighted by atomic mass is 32.2. The fourth-order valence-electron chi connectivity index (χ4n) is 11.1. The number of carboxylic acids is 1. The SMILES string of the molecule is Cc1ccc(S(=O)(=O)n2cc(-c3ncc(F)c(N[C@H]4CCC[C@@H](CC(=O)c5ccn6nccc6n5)C4)n3)c3cncnc32)cc1.Cc1ccc(S(=O)(=O)n2cc(-c3ncc(F)c(N[C@H]4CCC[C@@H](N)C4)n3)c3cncnc32)cc1.O=C(O)c1ccn2nccc2n1. The fourth-order valence-corrected chi connectivity index (χ4v) is 13.7. The predicted molar refractivity (Wildman–Crippen MR) is 330 cm³/mol. The number of ketones is 1. The summed E-state index contributed by atoms with van der Waals surface area (Å²) in [5.74, 6) is -1.84. The topological polar surface area (TPSA) is 346 Å². The third-order valence-electron chi connectivity index (χ3n) is 15.7. The molecule has 30 heteroatoms. The van der Waals surface area contributed by atoms with Crippen LogP contribution in [-0.4, -0.2) is 129 Å². The summed E-state index contributed by atoms with van der Waals surface area (Å²) in [6.07, 6.45) is 24.0. The summed E-state index contributed by atoms with van der Waals surface area (Å²) in [5, 5.41) is 23.8. The van der Waals surface area contributed by atoms with Crippen LogP contribution in [0.5, 0.6) is 0 Å². The maximum atomic E-state index is 15.0. The van der Waals surface area contributed by atoms with Gasteiger partial charge in [0.25, 0.3) is 20.0 Å². The average Bonchev–Trinajstić information content (AvgIpc) is 1.64. The zero-order valence-electron chi connectivity index (χ0n) is 48.7. The summed E-state index contributed by atoms with van der Waals surface area (Å²) in [5.41, 5.74) is 10.6. The number of nitrogens with zero attached hydrogens (tertiary/aromatic N) is 16. The Kier molecular flexibility index (Phi) is 17.1. The van der Waals surface area contributed by atoms with Gasteiger partial charge >= 0.3 is 5.97 Å². The Balaban J connectivity index is 0.000000152. The number of rotatable bonds is 14. The molecule has 14 rings (SSSR count). The van der Waals surface area contributed by atoms with Crippen molar-refractivity contribution in [3.05, 3.63) is 182 Å². The second-order valence-electron chi connectivity index (χ2n) is 22.1. The smallest absolute Gasteiger partial charge is 0.354 e. The van der Waals surface area contributed by atoms with Crippen molar-refractivity contribution < 1.29 is 40.3 Å². The van der Waals surface area contributed by atoms with Crippen LogP contribution < -0.4 is 16.4 Å². The number of hydrogen-bond donors (Lipinski definition) is 4. The van der Waals surface area contributed by atoms with Crippen molar-refractivity contribution in [1.29, 1.82) is 0 Å². The summed E-state index contributed by atoms with van der Waals surface area (Å²) in [4.78, 5) is 65.7. The molecule has 4 atom stereocenters. The van der Waals surface area contributed by atoms with Gasteiger partial charge in [0.2, 0.25) is 0 Å². The van der Waals surface area contributed by atoms with E-state index in [0.29, 0.717) is 51.7 Å². The van der Waals surface area contributed by atoms with Crippen molar-refractivity contribution in [2.45, 2.75) is 99.6 Å². The molecule has 2 aliphatic rings. The molecule has 5 N–H and O–H groups in total. The molecule has 2 saturated carbocycles. The molecule has 0 spiro atoms. The van der Waals surface area contributed by atoms with Crippen LogP contribution in [0.3, 0.4) is 0 Å². The minimum absolute atomic E-state index is 0.00367. The van der Waals surface area contributed by atoms with Crippen LogP contribution in [0.15, 0.2) is 157 Å². The third kappa shape index (κ3) is 13.0. The molecule has 2 aliphatic carbocycles. The van der Waals surface area contributed by atoms with E-state index in [1.165, 1.54) is 60.2 Å². The molecule has 0 aliphatic heterocycles. The number of hydrogen-bond acceptors (Lipinski definition) is 21. The highest BCUT2D eigenvalue weighted by Crippen LogP contribution is 2.35. The number of nitrogens with one attached hydrogen (secondary N) is 2. The number of aryl methyl sites for hydroxylation is 2. The third-order valence-corrected chi connectivity index (χ3v) is 19.0. The Hall–Kier alpha value is -10.5. The van der Waals surface area contributed by atoms with Gasteiger partial charge in [-0.05, 0) is 101 Å². The maximum Gasteiger partial charge on any atom is 0.354 e. The zero-order chi connectivity index (χ0) is 63.6. The van der Waals surface area contributed by atoms with E-state index in [-0.39, 0.29) is 79.9 Å². The van der Waals surface area contributed by atoms with Gasteiger partial charge in [-0.25, -0.2) is 97.2 Å². The molecule has 464 valence electrons. The number of benzene rings is 2. The van der Waals surface area contributed by atoms with E-state index in [0.717, 1.165) is 76.4 Å². The summed E-state index contributed by atoms with van der Waals surface area (Å²) < 4.78 is 88.8. The summed E-state index contributed by atoms with van der Waals surface area (Å²) in [6, 6.07) is 19.5. The molecule has 2 aromatic carbocycles. The highest BCUT2D eigenvalue weighted by Gasteiger charge is 2.30. The molecular formula is C61H57F2N19O7S2. The Labute approximate surface area is 517 Å². The van der Waals surface area contributed by atoms with E-state index in [9.17, 15) is 30.8 Å². The molecule has 26 nitrogen and oxygen atoms in total. The Morgan fingerprint density at radius 1 is 0.593 bits per heavy atom. The van der Waals surface area contributed by atoms with Crippen LogP contribution in [0.2, 0.25) is 0 Å². The van der Waals surface area contributed by atoms with Crippen molar-refractivity contribution in [1.82, 2.24) is 77.0 Å². The number of carbonyl (C=O) groups excluding carboxylic acids is 1. The number of fused-ring (bicyclic) bond motifs is 4. The molecule has 0 saturated heterocycles. The van der Waals surface area contributed by atoms with Crippen LogP contribution in [0, 0.1) is 31.4 Å². The number of carboxylic acid groups (broad SMARTS) is 1. The van der Waals surface area contributed by atoms with Crippen LogP contribution in [-0.2, 0) is 20.0 Å². The predicted octanol–water partition coefficient (Wildman–Crippen LogP) is 8.54. The summed E-state index contributed by atoms with van der Waals surface area (Å²) in [6.45, 7) is 3.75. The van der Waals surface area contributed by atoms with Gasteiger partial charge in [0.05, 0.1) is 34.6 Å². The molecule has 0 amide bonds. The normalized spacial score (nSPS) is 16.8. The molecule has 91 heavy (non-hydrogen) atoms. The number of halogens is 2. The number of aromatic carboxylic acids is 1. The van der Waals surface area contributed by atoms with Gasteiger partial charge in [-0.15, -0.1) is 0 Å². The number of aromatic nitrogens is 16. The molecule has 0 radical (unpaired) electrons. The first kappa shape index (κ1) is 60.8. The van der Waals surface area contributed by atoms with E-state index in [1.807, 2.05) is 13.8 Å². The second-order valence-corrected chi connectivity index (χ2v) is 25.7. The Bertz CT molecular complexity index is 4930. The molecule has 10 aromatic heterocycles. The zero-order valence-corrected chi connectivity index (χ0v) is 50.4. The summed E-state index contributed by atoms with van der Waals surface area (Å²) in [7, 11) is -7.96. The molecule has 0 bridgehead atoms. The lowest BCUT2D eigenvalue weighted by molar-refractivity contribution is 0.0690. The largest absolute Gasteiger partial charge is 0.477 e. The van der Waals surface area contributed by atoms with E-state index in [2.05, 4.69) is 70.7 Å². The first-order chi connectivity index (χ1) is 43.9. The van der Waals surface area contributed by atoms with Crippen LogP contribution in [0.1, 0.15) is 89.9 Å². The van der Waals surface area contributed by atoms with Gasteiger partial charge in [0.1, 0.15) is 18.3 Å². The van der Waals surface area contributed by atoms with Crippen molar-refractivity contribution >= 4 is 76.8 Å². The van der Waals surface area contributed by atoms with Gasteiger partial charge in [-0.2, -0.15) is 10.2 Å². The second kappa shape index (κ2) is 25.6. The Morgan fingerprint density at radius 2 is 1.07 bits per heavy atom. The van der Waals surface area contributed by atoms with Crippen molar-refractivity contribution in [3.8, 4) is 22.8 Å². The fraction of sp³-hybridized carbons (Fsp3) is 0.246. The maximum absolute atomic E-state index is 15.0. The number of carbonyl (C=O) groups is 2. The standard InChI is InChI=1S/C31H28FN9O3S.C23H24FN7O2S.C7H5N3O2/c1-19-5-7-22(8-6-19)45(43,44)41-17-24(23-15-33-18-35-31(23)41)29-34-16-25(32)30(39-29)37-21-4-2-3-20(13-21)14-27(42)26-10-12-40-28(38-26)9-11-36-40;1-14-5-7-17(8-6-14)34(32,33)31-12-19(18-10-26-13-28-23(18)31)21-27-11-20(24)22(30-21)29-16-4-2-3-15(25)9-16;11-7(12)5-2-4-10-6(9-5)1-3-8-10/h5-12,15-18,20-21H,2-4,13-14H2,1H3,(H,34,37,39);5-8,10-13,15-16H,2-4,9,25H2,1H3,(H,27,29,30);1-4H,(H,11,12)/t20-,21+;15-,16+;/m11./s1. The van der Waals surface area contributed by atoms with Gasteiger partial charge in [0, 0.05) is 95.8 Å². The average molecular weight is 1270 g/mol. The first-order valence-electron chi connectivity index (χ1n) is 28.8. The van der Waals surface area contributed by atoms with E-state index in [1.54, 1.807) is 83.9 Å². The minimum Gasteiger partial charge on any atom is -0.477 e. The number of Topliss-reactive ketones (excluding diaryl/α,β-unsaturated/α-hetero) is 1. The lowest BCUT2D eigenvalue weighted by atomic mass is 9.82. The van der Waals surface area contributed by atoms with Crippen molar-refractivity contribution in [2.75, 3.05) is 10.6 Å². The minimum atomic E-state index is -4.01. The molecule has 0 unspecified atom stereocenters. The van der Waals surface area contributed by atoms with Gasteiger partial charge in [-0.3, -0.25) is 4.79 Å². The lowest BCUT2D eigenvalue weighted by Gasteiger charge is -2.29. The number of anilines is 2. The first-order valence-corrected chi connectivity index (χ1v) is 31.7. The van der Waals surface area contributed by atoms with Crippen molar-refractivity contribution in [3.63, 3.8) is 0 Å². The quantitative estimate of drug-likeness (QED) is 0.0740.